The highest BCUT2D eigenvalue weighted by Gasteiger charge is 2.16. The summed E-state index contributed by atoms with van der Waals surface area (Å²) in [5.74, 6) is -2.01. The Labute approximate surface area is 111 Å². The van der Waals surface area contributed by atoms with Crippen LogP contribution >= 0.6 is 15.9 Å². The second kappa shape index (κ2) is 5.12. The van der Waals surface area contributed by atoms with Crippen molar-refractivity contribution in [2.75, 3.05) is 0 Å². The van der Waals surface area contributed by atoms with Gasteiger partial charge in [0, 0.05) is 11.6 Å². The Bertz CT molecular complexity index is 566. The van der Waals surface area contributed by atoms with Gasteiger partial charge in [0.1, 0.15) is 17.5 Å². The van der Waals surface area contributed by atoms with Gasteiger partial charge < -0.3 is 5.73 Å². The molecular formula is C13H9BrF3N. The largest absolute Gasteiger partial charge is 0.320 e. The van der Waals surface area contributed by atoms with Crippen molar-refractivity contribution in [3.8, 4) is 0 Å². The van der Waals surface area contributed by atoms with Crippen LogP contribution in [-0.2, 0) is 0 Å². The fourth-order valence-electron chi connectivity index (χ4n) is 1.69. The van der Waals surface area contributed by atoms with Gasteiger partial charge in [-0.1, -0.05) is 12.1 Å². The van der Waals surface area contributed by atoms with Gasteiger partial charge >= 0.3 is 0 Å². The summed E-state index contributed by atoms with van der Waals surface area (Å²) in [6.07, 6.45) is 0. The van der Waals surface area contributed by atoms with Gasteiger partial charge in [0.2, 0.25) is 0 Å². The lowest BCUT2D eigenvalue weighted by Crippen LogP contribution is -2.14. The molecule has 0 saturated carbocycles. The molecule has 0 saturated heterocycles. The summed E-state index contributed by atoms with van der Waals surface area (Å²) in [5.41, 5.74) is 6.19. The quantitative estimate of drug-likeness (QED) is 0.893. The molecule has 1 nitrogen and oxygen atoms in total. The molecule has 0 bridgehead atoms. The number of rotatable bonds is 2. The van der Waals surface area contributed by atoms with E-state index in [1.54, 1.807) is 6.07 Å². The summed E-state index contributed by atoms with van der Waals surface area (Å²) < 4.78 is 40.3. The van der Waals surface area contributed by atoms with Crippen LogP contribution in [-0.4, -0.2) is 0 Å². The predicted octanol–water partition coefficient (Wildman–Crippen LogP) is 3.91. The van der Waals surface area contributed by atoms with Crippen molar-refractivity contribution in [1.82, 2.24) is 0 Å². The molecule has 0 fully saturated rings. The van der Waals surface area contributed by atoms with Gasteiger partial charge in [0.15, 0.2) is 0 Å². The zero-order valence-corrected chi connectivity index (χ0v) is 10.7. The van der Waals surface area contributed by atoms with Crippen LogP contribution in [0.15, 0.2) is 40.9 Å². The van der Waals surface area contributed by atoms with Gasteiger partial charge in [0.05, 0.1) is 10.5 Å². The predicted molar refractivity (Wildman–Crippen MR) is 66.5 cm³/mol. The Morgan fingerprint density at radius 2 is 1.61 bits per heavy atom. The second-order valence-electron chi connectivity index (χ2n) is 3.82. The van der Waals surface area contributed by atoms with Crippen LogP contribution in [0.4, 0.5) is 13.2 Å². The fraction of sp³-hybridized carbons (Fsp3) is 0.0769. The molecule has 0 aromatic heterocycles. The highest BCUT2D eigenvalue weighted by atomic mass is 79.9. The maximum Gasteiger partial charge on any atom is 0.142 e. The number of benzene rings is 2. The maximum absolute atomic E-state index is 13.8. The first-order valence-electron chi connectivity index (χ1n) is 5.14. The van der Waals surface area contributed by atoms with Crippen LogP contribution in [0.1, 0.15) is 17.2 Å². The minimum absolute atomic E-state index is 0.175. The molecule has 2 N–H and O–H groups in total. The van der Waals surface area contributed by atoms with E-state index in [4.69, 9.17) is 5.73 Å². The molecule has 2 rings (SSSR count). The number of hydrogen-bond donors (Lipinski definition) is 1. The molecular weight excluding hydrogens is 307 g/mol. The van der Waals surface area contributed by atoms with Crippen LogP contribution in [0, 0.1) is 17.5 Å². The van der Waals surface area contributed by atoms with E-state index in [0.717, 1.165) is 18.2 Å². The van der Waals surface area contributed by atoms with Gasteiger partial charge in [0.25, 0.3) is 0 Å². The van der Waals surface area contributed by atoms with Crippen LogP contribution in [0.3, 0.4) is 0 Å². The van der Waals surface area contributed by atoms with Gasteiger partial charge in [-0.2, -0.15) is 0 Å². The molecule has 5 heteroatoms. The molecule has 2 aromatic rings. The smallest absolute Gasteiger partial charge is 0.142 e. The Hall–Kier alpha value is -1.33. The fourth-order valence-corrected chi connectivity index (χ4v) is 2.08. The van der Waals surface area contributed by atoms with E-state index in [1.807, 2.05) is 0 Å². The van der Waals surface area contributed by atoms with Crippen molar-refractivity contribution >= 4 is 15.9 Å². The SMILES string of the molecule is NC(c1cc(F)cc(F)c1)c1cccc(Br)c1F. The molecule has 18 heavy (non-hydrogen) atoms. The van der Waals surface area contributed by atoms with Crippen molar-refractivity contribution in [2.24, 2.45) is 5.73 Å². The summed E-state index contributed by atoms with van der Waals surface area (Å²) in [4.78, 5) is 0. The van der Waals surface area contributed by atoms with Crippen molar-refractivity contribution in [3.05, 3.63) is 69.4 Å². The Morgan fingerprint density at radius 1 is 1.00 bits per heavy atom. The van der Waals surface area contributed by atoms with E-state index in [1.165, 1.54) is 12.1 Å². The highest BCUT2D eigenvalue weighted by molar-refractivity contribution is 9.10. The van der Waals surface area contributed by atoms with E-state index in [-0.39, 0.29) is 15.6 Å². The molecule has 0 amide bonds. The van der Waals surface area contributed by atoms with Crippen LogP contribution in [0.25, 0.3) is 0 Å². The van der Waals surface area contributed by atoms with E-state index in [0.29, 0.717) is 0 Å². The lowest BCUT2D eigenvalue weighted by molar-refractivity contribution is 0.570. The molecule has 0 radical (unpaired) electrons. The van der Waals surface area contributed by atoms with Gasteiger partial charge in [-0.25, -0.2) is 13.2 Å². The second-order valence-corrected chi connectivity index (χ2v) is 4.68. The van der Waals surface area contributed by atoms with E-state index < -0.39 is 23.5 Å². The zero-order valence-electron chi connectivity index (χ0n) is 9.13. The van der Waals surface area contributed by atoms with Crippen LogP contribution in [0.5, 0.6) is 0 Å². The average molecular weight is 316 g/mol. The van der Waals surface area contributed by atoms with E-state index in [9.17, 15) is 13.2 Å². The molecule has 0 aliphatic rings. The van der Waals surface area contributed by atoms with Gasteiger partial charge in [-0.3, -0.25) is 0 Å². The topological polar surface area (TPSA) is 26.0 Å². The Balaban J connectivity index is 2.47. The van der Waals surface area contributed by atoms with Gasteiger partial charge in [-0.15, -0.1) is 0 Å². The molecule has 0 spiro atoms. The van der Waals surface area contributed by atoms with E-state index in [2.05, 4.69) is 15.9 Å². The maximum atomic E-state index is 13.8. The lowest BCUT2D eigenvalue weighted by atomic mass is 9.99. The molecule has 0 heterocycles. The molecule has 0 aliphatic heterocycles. The van der Waals surface area contributed by atoms with Crippen LogP contribution in [0.2, 0.25) is 0 Å². The first kappa shape index (κ1) is 13.1. The van der Waals surface area contributed by atoms with Crippen molar-refractivity contribution < 1.29 is 13.2 Å². The average Bonchev–Trinajstić information content (AvgIpc) is 2.30. The molecule has 0 aliphatic carbocycles. The number of halogens is 4. The van der Waals surface area contributed by atoms with Crippen LogP contribution < -0.4 is 5.73 Å². The monoisotopic (exact) mass is 315 g/mol. The Morgan fingerprint density at radius 3 is 2.22 bits per heavy atom. The van der Waals surface area contributed by atoms with E-state index >= 15 is 0 Å². The number of nitrogens with two attached hydrogens (primary N) is 1. The lowest BCUT2D eigenvalue weighted by Gasteiger charge is -2.14. The molecule has 94 valence electrons. The third-order valence-electron chi connectivity index (χ3n) is 2.56. The van der Waals surface area contributed by atoms with Gasteiger partial charge in [-0.05, 0) is 39.7 Å². The standard InChI is InChI=1S/C13H9BrF3N/c14-11-3-1-2-10(12(11)17)13(18)7-4-8(15)6-9(16)5-7/h1-6,13H,18H2. The normalized spacial score (nSPS) is 12.5. The molecule has 1 atom stereocenters. The molecule has 1 unspecified atom stereocenters. The first-order valence-corrected chi connectivity index (χ1v) is 5.94. The molecule has 2 aromatic carbocycles. The van der Waals surface area contributed by atoms with Crippen molar-refractivity contribution in [3.63, 3.8) is 0 Å². The highest BCUT2D eigenvalue weighted by Crippen LogP contribution is 2.27. The Kier molecular flexibility index (Phi) is 3.73. The third-order valence-corrected chi connectivity index (χ3v) is 3.17. The minimum Gasteiger partial charge on any atom is -0.320 e. The van der Waals surface area contributed by atoms with Crippen molar-refractivity contribution in [2.45, 2.75) is 6.04 Å². The van der Waals surface area contributed by atoms with Crippen molar-refractivity contribution in [1.29, 1.82) is 0 Å². The zero-order chi connectivity index (χ0) is 13.3. The minimum atomic E-state index is -0.923. The summed E-state index contributed by atoms with van der Waals surface area (Å²) >= 11 is 3.04. The first-order chi connectivity index (χ1) is 8.49. The summed E-state index contributed by atoms with van der Waals surface area (Å²) in [5, 5.41) is 0. The third kappa shape index (κ3) is 2.57. The summed E-state index contributed by atoms with van der Waals surface area (Å²) in [6.45, 7) is 0. The summed E-state index contributed by atoms with van der Waals surface area (Å²) in [7, 11) is 0. The summed E-state index contributed by atoms with van der Waals surface area (Å²) in [6, 6.07) is 6.62. The number of hydrogen-bond acceptors (Lipinski definition) is 1.